The number of carbonyl (C=O) groups is 1. The molecule has 4 nitrogen and oxygen atoms in total. The second-order valence-electron chi connectivity index (χ2n) is 4.76. The van der Waals surface area contributed by atoms with Crippen molar-refractivity contribution < 1.29 is 17.6 Å². The maximum Gasteiger partial charge on any atom is 0.257 e. The summed E-state index contributed by atoms with van der Waals surface area (Å²) in [7, 11) is -3.22. The molecule has 1 atom stereocenters. The van der Waals surface area contributed by atoms with Crippen molar-refractivity contribution in [2.75, 3.05) is 18.1 Å². The van der Waals surface area contributed by atoms with Gasteiger partial charge in [0.15, 0.2) is 9.84 Å². The molecular formula is C14H19ClFNO3S. The van der Waals surface area contributed by atoms with Crippen LogP contribution < -0.4 is 0 Å². The first kappa shape index (κ1) is 17.9. The van der Waals surface area contributed by atoms with E-state index in [2.05, 4.69) is 0 Å². The number of hydrogen-bond donors (Lipinski definition) is 0. The molecule has 7 heteroatoms. The van der Waals surface area contributed by atoms with Crippen molar-refractivity contribution in [2.24, 2.45) is 0 Å². The molecule has 1 aromatic carbocycles. The Morgan fingerprint density at radius 2 is 2.00 bits per heavy atom. The zero-order valence-corrected chi connectivity index (χ0v) is 13.8. The summed E-state index contributed by atoms with van der Waals surface area (Å²) < 4.78 is 37.2. The molecular weight excluding hydrogens is 317 g/mol. The van der Waals surface area contributed by atoms with Crippen LogP contribution in [0.4, 0.5) is 4.39 Å². The number of halogens is 2. The van der Waals surface area contributed by atoms with Gasteiger partial charge >= 0.3 is 0 Å². The second kappa shape index (κ2) is 7.22. The molecule has 1 rings (SSSR count). The maximum atomic E-state index is 13.8. The molecule has 0 heterocycles. The molecule has 0 fully saturated rings. The lowest BCUT2D eigenvalue weighted by atomic mass is 10.1. The molecule has 1 aromatic rings. The Hall–Kier alpha value is -1.14. The lowest BCUT2D eigenvalue weighted by Crippen LogP contribution is -2.42. The molecule has 0 spiro atoms. The van der Waals surface area contributed by atoms with E-state index in [0.29, 0.717) is 6.54 Å². The predicted molar refractivity (Wildman–Crippen MR) is 81.9 cm³/mol. The van der Waals surface area contributed by atoms with Crippen LogP contribution in [0.5, 0.6) is 0 Å². The third-order valence-corrected chi connectivity index (χ3v) is 5.34. The fraction of sp³-hybridized carbons (Fsp3) is 0.500. The van der Waals surface area contributed by atoms with E-state index in [1.54, 1.807) is 20.8 Å². The summed E-state index contributed by atoms with van der Waals surface area (Å²) >= 11 is 5.66. The molecule has 0 unspecified atom stereocenters. The van der Waals surface area contributed by atoms with Gasteiger partial charge < -0.3 is 4.90 Å². The summed E-state index contributed by atoms with van der Waals surface area (Å²) in [5.41, 5.74) is -0.109. The first-order valence-electron chi connectivity index (χ1n) is 6.68. The van der Waals surface area contributed by atoms with Crippen molar-refractivity contribution in [3.8, 4) is 0 Å². The van der Waals surface area contributed by atoms with Gasteiger partial charge in [0.05, 0.1) is 11.3 Å². The highest BCUT2D eigenvalue weighted by atomic mass is 35.5. The van der Waals surface area contributed by atoms with E-state index in [4.69, 9.17) is 11.6 Å². The molecule has 118 valence electrons. The first-order valence-corrected chi connectivity index (χ1v) is 8.88. The average molecular weight is 336 g/mol. The van der Waals surface area contributed by atoms with Crippen LogP contribution in [0.25, 0.3) is 0 Å². The largest absolute Gasteiger partial charge is 0.335 e. The number of nitrogens with zero attached hydrogens (tertiary/aromatic N) is 1. The van der Waals surface area contributed by atoms with Gasteiger partial charge in [0, 0.05) is 23.4 Å². The summed E-state index contributed by atoms with van der Waals surface area (Å²) in [6.07, 6.45) is 0. The normalized spacial score (nSPS) is 13.0. The summed E-state index contributed by atoms with van der Waals surface area (Å²) in [5, 5.41) is 0.203. The van der Waals surface area contributed by atoms with Gasteiger partial charge in [-0.15, -0.1) is 0 Å². The van der Waals surface area contributed by atoms with E-state index in [1.165, 1.54) is 17.0 Å². The fourth-order valence-electron chi connectivity index (χ4n) is 2.05. The van der Waals surface area contributed by atoms with E-state index in [9.17, 15) is 17.6 Å². The van der Waals surface area contributed by atoms with Crippen molar-refractivity contribution >= 4 is 27.3 Å². The van der Waals surface area contributed by atoms with E-state index in [1.807, 2.05) is 0 Å². The zero-order valence-electron chi connectivity index (χ0n) is 12.3. The van der Waals surface area contributed by atoms with Crippen LogP contribution in [0.2, 0.25) is 5.02 Å². The van der Waals surface area contributed by atoms with Gasteiger partial charge in [0.1, 0.15) is 5.82 Å². The van der Waals surface area contributed by atoms with Gasteiger partial charge in [0.25, 0.3) is 5.91 Å². The highest BCUT2D eigenvalue weighted by Crippen LogP contribution is 2.18. The van der Waals surface area contributed by atoms with Crippen LogP contribution in [-0.2, 0) is 9.84 Å². The number of benzene rings is 1. The van der Waals surface area contributed by atoms with E-state index in [-0.39, 0.29) is 22.1 Å². The van der Waals surface area contributed by atoms with E-state index >= 15 is 0 Å². The summed E-state index contributed by atoms with van der Waals surface area (Å²) in [4.78, 5) is 13.7. The van der Waals surface area contributed by atoms with Crippen molar-refractivity contribution in [3.05, 3.63) is 34.6 Å². The molecule has 0 aliphatic rings. The standard InChI is InChI=1S/C14H19ClFNO3S/c1-4-17(10(3)9-21(19,20)5-2)14(18)12-7-6-11(15)8-13(12)16/h6-8,10H,4-5,9H2,1-3H3/t10-/m0/s1. The lowest BCUT2D eigenvalue weighted by Gasteiger charge is -2.28. The average Bonchev–Trinajstić information content (AvgIpc) is 2.38. The molecule has 21 heavy (non-hydrogen) atoms. The number of hydrogen-bond acceptors (Lipinski definition) is 3. The van der Waals surface area contributed by atoms with Crippen LogP contribution in [0, 0.1) is 5.82 Å². The van der Waals surface area contributed by atoms with Crippen LogP contribution in [0.1, 0.15) is 31.1 Å². The van der Waals surface area contributed by atoms with Crippen LogP contribution in [0.3, 0.4) is 0 Å². The number of amides is 1. The molecule has 0 saturated heterocycles. The highest BCUT2D eigenvalue weighted by molar-refractivity contribution is 7.91. The first-order chi connectivity index (χ1) is 9.71. The number of sulfone groups is 1. The minimum atomic E-state index is -3.22. The van der Waals surface area contributed by atoms with Crippen molar-refractivity contribution in [3.63, 3.8) is 0 Å². The Bertz CT molecular complexity index is 619. The van der Waals surface area contributed by atoms with Gasteiger partial charge in [-0.25, -0.2) is 12.8 Å². The molecule has 0 radical (unpaired) electrons. The Morgan fingerprint density at radius 3 is 2.48 bits per heavy atom. The minimum Gasteiger partial charge on any atom is -0.335 e. The maximum absolute atomic E-state index is 13.8. The van der Waals surface area contributed by atoms with Crippen LogP contribution in [-0.4, -0.2) is 43.3 Å². The topological polar surface area (TPSA) is 54.5 Å². The van der Waals surface area contributed by atoms with Gasteiger partial charge in [-0.05, 0) is 32.0 Å². The Labute approximate surface area is 129 Å². The molecule has 0 aromatic heterocycles. The lowest BCUT2D eigenvalue weighted by molar-refractivity contribution is 0.0714. The van der Waals surface area contributed by atoms with Crippen molar-refractivity contribution in [1.82, 2.24) is 4.90 Å². The quantitative estimate of drug-likeness (QED) is 0.803. The number of carbonyl (C=O) groups excluding carboxylic acids is 1. The van der Waals surface area contributed by atoms with Crippen molar-refractivity contribution in [2.45, 2.75) is 26.8 Å². The van der Waals surface area contributed by atoms with Crippen molar-refractivity contribution in [1.29, 1.82) is 0 Å². The predicted octanol–water partition coefficient (Wildman–Crippen LogP) is 2.76. The van der Waals surface area contributed by atoms with E-state index in [0.717, 1.165) is 6.07 Å². The van der Waals surface area contributed by atoms with Gasteiger partial charge in [0.2, 0.25) is 0 Å². The minimum absolute atomic E-state index is 0.0123. The summed E-state index contributed by atoms with van der Waals surface area (Å²) in [6, 6.07) is 3.28. The third kappa shape index (κ3) is 4.68. The molecule has 0 bridgehead atoms. The fourth-order valence-corrected chi connectivity index (χ4v) is 3.36. The zero-order chi connectivity index (χ0) is 16.2. The van der Waals surface area contributed by atoms with Gasteiger partial charge in [-0.2, -0.15) is 0 Å². The second-order valence-corrected chi connectivity index (χ2v) is 7.60. The monoisotopic (exact) mass is 335 g/mol. The van der Waals surface area contributed by atoms with Crippen LogP contribution in [0.15, 0.2) is 18.2 Å². The van der Waals surface area contributed by atoms with Crippen LogP contribution >= 0.6 is 11.6 Å². The van der Waals surface area contributed by atoms with Gasteiger partial charge in [-0.3, -0.25) is 4.79 Å². The number of rotatable bonds is 6. The van der Waals surface area contributed by atoms with E-state index < -0.39 is 27.6 Å². The molecule has 0 aliphatic carbocycles. The molecule has 0 aliphatic heterocycles. The third-order valence-electron chi connectivity index (χ3n) is 3.23. The molecule has 0 saturated carbocycles. The highest BCUT2D eigenvalue weighted by Gasteiger charge is 2.25. The molecule has 0 N–H and O–H groups in total. The Morgan fingerprint density at radius 1 is 1.38 bits per heavy atom. The summed E-state index contributed by atoms with van der Waals surface area (Å²) in [5.74, 6) is -1.38. The SMILES string of the molecule is CCN(C(=O)c1ccc(Cl)cc1F)[C@@H](C)CS(=O)(=O)CC. The smallest absolute Gasteiger partial charge is 0.257 e. The Balaban J connectivity index is 3.01. The summed E-state index contributed by atoms with van der Waals surface area (Å²) in [6.45, 7) is 5.21. The molecule has 1 amide bonds. The Kier molecular flexibility index (Phi) is 6.16. The van der Waals surface area contributed by atoms with Gasteiger partial charge in [-0.1, -0.05) is 18.5 Å².